The van der Waals surface area contributed by atoms with Crippen molar-refractivity contribution in [2.45, 2.75) is 25.3 Å². The highest BCUT2D eigenvalue weighted by molar-refractivity contribution is 5.73. The predicted molar refractivity (Wildman–Crippen MR) is 122 cm³/mol. The first-order valence-corrected chi connectivity index (χ1v) is 11.1. The summed E-state index contributed by atoms with van der Waals surface area (Å²) in [5.74, 6) is 1.25. The number of halogens is 1. The molecule has 1 aliphatic carbocycles. The zero-order valence-corrected chi connectivity index (χ0v) is 18.2. The van der Waals surface area contributed by atoms with E-state index in [4.69, 9.17) is 0 Å². The number of hydrogen-bond donors (Lipinski definition) is 1. The number of rotatable bonds is 5. The molecular weight excluding hydrogens is 411 g/mol. The first kappa shape index (κ1) is 22.2. The zero-order valence-electron chi connectivity index (χ0n) is 18.2. The second kappa shape index (κ2) is 9.65. The van der Waals surface area contributed by atoms with Crippen LogP contribution in [0.4, 0.5) is 15.8 Å². The van der Waals surface area contributed by atoms with Crippen LogP contribution >= 0.6 is 0 Å². The maximum atomic E-state index is 12.8. The summed E-state index contributed by atoms with van der Waals surface area (Å²) in [6.07, 6.45) is 5.27. The van der Waals surface area contributed by atoms with Crippen molar-refractivity contribution in [3.05, 3.63) is 58.4 Å². The average Bonchev–Trinajstić information content (AvgIpc) is 3.31. The van der Waals surface area contributed by atoms with Crippen molar-refractivity contribution in [3.63, 3.8) is 0 Å². The number of nitrogens with zero attached hydrogens (tertiary/aromatic N) is 3. The van der Waals surface area contributed by atoms with E-state index in [0.717, 1.165) is 48.5 Å². The van der Waals surface area contributed by atoms with Crippen LogP contribution in [0.3, 0.4) is 0 Å². The largest absolute Gasteiger partial charge is 0.383 e. The highest BCUT2D eigenvalue weighted by atomic mass is 19.1. The number of carbonyl (C=O) groups is 1. The number of hydrogen-bond acceptors (Lipinski definition) is 5. The smallest absolute Gasteiger partial charge is 0.292 e. The molecule has 5 rings (SSSR count). The number of nitro benzene ring substituents is 1. The van der Waals surface area contributed by atoms with Crippen molar-refractivity contribution >= 4 is 17.8 Å². The lowest BCUT2D eigenvalue weighted by Gasteiger charge is -2.35. The highest BCUT2D eigenvalue weighted by Gasteiger charge is 2.42. The van der Waals surface area contributed by atoms with E-state index in [1.807, 2.05) is 4.90 Å². The summed E-state index contributed by atoms with van der Waals surface area (Å²) in [5.41, 5.74) is 2.05. The maximum Gasteiger partial charge on any atom is 0.292 e. The number of carbonyl (C=O) groups excluding carboxylic acids is 1. The summed E-state index contributed by atoms with van der Waals surface area (Å²) in [7, 11) is 1.62. The third-order valence-electron chi connectivity index (χ3n) is 6.92. The van der Waals surface area contributed by atoms with Gasteiger partial charge in [0.05, 0.1) is 4.92 Å². The third-order valence-corrected chi connectivity index (χ3v) is 6.92. The van der Waals surface area contributed by atoms with E-state index in [9.17, 15) is 19.3 Å². The molecule has 0 spiro atoms. The summed E-state index contributed by atoms with van der Waals surface area (Å²) in [6, 6.07) is 11.6. The molecule has 2 aromatic carbocycles. The van der Waals surface area contributed by atoms with Crippen LogP contribution in [0.2, 0.25) is 0 Å². The Labute approximate surface area is 187 Å². The van der Waals surface area contributed by atoms with E-state index in [0.29, 0.717) is 5.69 Å². The van der Waals surface area contributed by atoms with Gasteiger partial charge in [-0.3, -0.25) is 19.8 Å². The Hall–Kier alpha value is -3.00. The van der Waals surface area contributed by atoms with E-state index in [2.05, 4.69) is 10.2 Å². The van der Waals surface area contributed by atoms with E-state index < -0.39 is 4.92 Å². The molecule has 32 heavy (non-hydrogen) atoms. The summed E-state index contributed by atoms with van der Waals surface area (Å²) in [6.45, 7) is 4.52. The third kappa shape index (κ3) is 4.75. The first-order chi connectivity index (χ1) is 15.5. The molecule has 2 heterocycles. The molecule has 1 amide bonds. The molecule has 2 saturated heterocycles. The molecule has 170 valence electrons. The van der Waals surface area contributed by atoms with Crippen LogP contribution < -0.4 is 5.32 Å². The summed E-state index contributed by atoms with van der Waals surface area (Å²) in [5, 5.41) is 13.6. The lowest BCUT2D eigenvalue weighted by molar-refractivity contribution is -0.383. The quantitative estimate of drug-likeness (QED) is 0.432. The van der Waals surface area contributed by atoms with Crippen molar-refractivity contribution in [1.82, 2.24) is 9.80 Å². The van der Waals surface area contributed by atoms with E-state index in [1.165, 1.54) is 50.6 Å². The molecular formula is C24H29FN4O3. The average molecular weight is 441 g/mol. The Morgan fingerprint density at radius 1 is 1.03 bits per heavy atom. The Kier molecular flexibility index (Phi) is 6.69. The van der Waals surface area contributed by atoms with Crippen LogP contribution in [-0.4, -0.2) is 60.4 Å². The van der Waals surface area contributed by atoms with Crippen LogP contribution in [0, 0.1) is 27.8 Å². The van der Waals surface area contributed by atoms with Gasteiger partial charge in [0.25, 0.3) is 5.69 Å². The van der Waals surface area contributed by atoms with Crippen molar-refractivity contribution in [2.24, 2.45) is 11.8 Å². The lowest BCUT2D eigenvalue weighted by Crippen LogP contribution is -2.40. The number of likely N-dealkylation sites (tertiary alicyclic amines) is 2. The second-order valence-electron chi connectivity index (χ2n) is 8.86. The summed E-state index contributed by atoms with van der Waals surface area (Å²) >= 11 is 0. The molecule has 2 unspecified atom stereocenters. The molecule has 3 aliphatic rings. The van der Waals surface area contributed by atoms with E-state index >= 15 is 0 Å². The number of nitro groups is 1. The Bertz CT molecular complexity index is 950. The normalized spacial score (nSPS) is 22.5. The van der Waals surface area contributed by atoms with E-state index in [-0.39, 0.29) is 11.5 Å². The SMILES string of the molecule is CNc1cc(-c2ccc(F)cc2)ccc1[N+](=O)[O-].O=CN1CC2CN(C3CCC3)CC2C1. The van der Waals surface area contributed by atoms with Gasteiger partial charge < -0.3 is 10.2 Å². The lowest BCUT2D eigenvalue weighted by atomic mass is 9.92. The van der Waals surface area contributed by atoms with Gasteiger partial charge in [-0.05, 0) is 60.1 Å². The molecule has 2 aromatic rings. The second-order valence-corrected chi connectivity index (χ2v) is 8.86. The van der Waals surface area contributed by atoms with Crippen LogP contribution in [-0.2, 0) is 4.79 Å². The van der Waals surface area contributed by atoms with Crippen molar-refractivity contribution in [1.29, 1.82) is 0 Å². The molecule has 1 saturated carbocycles. The number of amides is 1. The summed E-state index contributed by atoms with van der Waals surface area (Å²) in [4.78, 5) is 25.6. The molecule has 1 N–H and O–H groups in total. The monoisotopic (exact) mass is 440 g/mol. The van der Waals surface area contributed by atoms with Gasteiger partial charge in [0.2, 0.25) is 6.41 Å². The molecule has 0 aromatic heterocycles. The van der Waals surface area contributed by atoms with Crippen LogP contribution in [0.5, 0.6) is 0 Å². The highest BCUT2D eigenvalue weighted by Crippen LogP contribution is 2.36. The van der Waals surface area contributed by atoms with Crippen molar-refractivity contribution in [3.8, 4) is 11.1 Å². The van der Waals surface area contributed by atoms with Gasteiger partial charge in [0, 0.05) is 45.3 Å². The van der Waals surface area contributed by atoms with Gasteiger partial charge in [-0.15, -0.1) is 0 Å². The van der Waals surface area contributed by atoms with Gasteiger partial charge >= 0.3 is 0 Å². The van der Waals surface area contributed by atoms with Gasteiger partial charge in [0.1, 0.15) is 11.5 Å². The number of anilines is 1. The van der Waals surface area contributed by atoms with Crippen molar-refractivity contribution in [2.75, 3.05) is 38.5 Å². The van der Waals surface area contributed by atoms with Gasteiger partial charge in [-0.2, -0.15) is 0 Å². The predicted octanol–water partition coefficient (Wildman–Crippen LogP) is 4.00. The molecule has 2 atom stereocenters. The van der Waals surface area contributed by atoms with Crippen LogP contribution in [0.1, 0.15) is 19.3 Å². The standard InChI is InChI=1S/C13H11FN2O2.C11H18N2O/c1-15-12-8-10(4-7-13(12)16(17)18)9-2-5-11(14)6-3-9;14-8-12-4-9-6-13(7-10(9)5-12)11-2-1-3-11/h2-8,15H,1H3;8-11H,1-7H2. The molecule has 0 bridgehead atoms. The van der Waals surface area contributed by atoms with Gasteiger partial charge in [-0.25, -0.2) is 4.39 Å². The van der Waals surface area contributed by atoms with Crippen LogP contribution in [0.25, 0.3) is 11.1 Å². The number of nitrogens with one attached hydrogen (secondary N) is 1. The van der Waals surface area contributed by atoms with Crippen molar-refractivity contribution < 1.29 is 14.1 Å². The maximum absolute atomic E-state index is 12.8. The molecule has 3 fully saturated rings. The Morgan fingerprint density at radius 3 is 2.16 bits per heavy atom. The summed E-state index contributed by atoms with van der Waals surface area (Å²) < 4.78 is 12.8. The molecule has 2 aliphatic heterocycles. The Balaban J connectivity index is 0.000000157. The van der Waals surface area contributed by atoms with Gasteiger partial charge in [0.15, 0.2) is 0 Å². The number of benzene rings is 2. The molecule has 7 nitrogen and oxygen atoms in total. The topological polar surface area (TPSA) is 78.7 Å². The fourth-order valence-electron chi connectivity index (χ4n) is 4.92. The zero-order chi connectivity index (χ0) is 22.7. The van der Waals surface area contributed by atoms with E-state index in [1.54, 1.807) is 31.3 Å². The van der Waals surface area contributed by atoms with Crippen LogP contribution in [0.15, 0.2) is 42.5 Å². The first-order valence-electron chi connectivity index (χ1n) is 11.1. The number of fused-ring (bicyclic) bond motifs is 1. The molecule has 8 heteroatoms. The minimum absolute atomic E-state index is 0.0170. The molecule has 0 radical (unpaired) electrons. The Morgan fingerprint density at radius 2 is 1.66 bits per heavy atom. The fraction of sp³-hybridized carbons (Fsp3) is 0.458. The minimum Gasteiger partial charge on any atom is -0.383 e. The minimum atomic E-state index is -0.444. The van der Waals surface area contributed by atoms with Gasteiger partial charge in [-0.1, -0.05) is 18.6 Å². The fourth-order valence-corrected chi connectivity index (χ4v) is 4.92.